The third-order valence-electron chi connectivity index (χ3n) is 4.68. The summed E-state index contributed by atoms with van der Waals surface area (Å²) in [7, 11) is 0. The van der Waals surface area contributed by atoms with Gasteiger partial charge in [0.15, 0.2) is 0 Å². The van der Waals surface area contributed by atoms with Gasteiger partial charge in [-0.3, -0.25) is 9.69 Å². The fraction of sp³-hybridized carbons (Fsp3) is 0.933. The molecule has 0 bridgehead atoms. The van der Waals surface area contributed by atoms with Crippen molar-refractivity contribution in [2.75, 3.05) is 64.0 Å². The number of piperazine rings is 1. The number of rotatable bonds is 4. The third kappa shape index (κ3) is 4.58. The number of hydrogen-bond donors (Lipinski definition) is 1. The van der Waals surface area contributed by atoms with E-state index >= 15 is 0 Å². The molecule has 21 heavy (non-hydrogen) atoms. The Morgan fingerprint density at radius 2 is 2.14 bits per heavy atom. The Balaban J connectivity index is 1.37. The maximum atomic E-state index is 12.4. The van der Waals surface area contributed by atoms with Gasteiger partial charge >= 0.3 is 0 Å². The molecular weight excluding hydrogens is 286 g/mol. The Morgan fingerprint density at radius 1 is 1.29 bits per heavy atom. The van der Waals surface area contributed by atoms with Crippen LogP contribution in [0.4, 0.5) is 0 Å². The van der Waals surface area contributed by atoms with E-state index in [9.17, 15) is 4.79 Å². The zero-order valence-electron chi connectivity index (χ0n) is 12.8. The number of carbonyl (C=O) groups excluding carboxylic acids is 1. The molecule has 3 heterocycles. The molecule has 5 nitrogen and oxygen atoms in total. The molecule has 0 aliphatic carbocycles. The van der Waals surface area contributed by atoms with Crippen LogP contribution in [-0.2, 0) is 9.53 Å². The van der Waals surface area contributed by atoms with E-state index in [0.717, 1.165) is 58.2 Å². The lowest BCUT2D eigenvalue weighted by atomic mass is 10.1. The molecule has 1 amide bonds. The lowest BCUT2D eigenvalue weighted by Crippen LogP contribution is -2.51. The van der Waals surface area contributed by atoms with Crippen LogP contribution in [0, 0.1) is 5.92 Å². The molecule has 6 heteroatoms. The topological polar surface area (TPSA) is 44.8 Å². The summed E-state index contributed by atoms with van der Waals surface area (Å²) in [5.41, 5.74) is 0. The summed E-state index contributed by atoms with van der Waals surface area (Å²) in [5.74, 6) is 3.29. The van der Waals surface area contributed by atoms with Gasteiger partial charge in [0.05, 0.1) is 6.61 Å². The second-order valence-electron chi connectivity index (χ2n) is 6.34. The number of amides is 1. The average Bonchev–Trinajstić information content (AvgIpc) is 3.02. The van der Waals surface area contributed by atoms with Crippen molar-refractivity contribution in [3.63, 3.8) is 0 Å². The van der Waals surface area contributed by atoms with Crippen molar-refractivity contribution in [1.82, 2.24) is 15.1 Å². The van der Waals surface area contributed by atoms with Gasteiger partial charge in [0.1, 0.15) is 0 Å². The van der Waals surface area contributed by atoms with Crippen molar-refractivity contribution in [2.24, 2.45) is 5.92 Å². The first-order chi connectivity index (χ1) is 10.3. The van der Waals surface area contributed by atoms with Crippen molar-refractivity contribution >= 4 is 17.7 Å². The van der Waals surface area contributed by atoms with E-state index in [-0.39, 0.29) is 0 Å². The lowest BCUT2D eigenvalue weighted by molar-refractivity contribution is -0.133. The van der Waals surface area contributed by atoms with Crippen molar-refractivity contribution in [3.05, 3.63) is 0 Å². The highest BCUT2D eigenvalue weighted by Crippen LogP contribution is 2.16. The van der Waals surface area contributed by atoms with E-state index in [1.165, 1.54) is 12.2 Å². The van der Waals surface area contributed by atoms with Crippen LogP contribution in [0.3, 0.4) is 0 Å². The fourth-order valence-corrected chi connectivity index (χ4v) is 4.31. The van der Waals surface area contributed by atoms with Gasteiger partial charge < -0.3 is 15.0 Å². The molecule has 3 fully saturated rings. The zero-order chi connectivity index (χ0) is 14.5. The molecule has 2 unspecified atom stereocenters. The maximum absolute atomic E-state index is 12.4. The third-order valence-corrected chi connectivity index (χ3v) is 5.82. The molecule has 2 atom stereocenters. The van der Waals surface area contributed by atoms with Crippen LogP contribution in [0.25, 0.3) is 0 Å². The van der Waals surface area contributed by atoms with Gasteiger partial charge in [-0.15, -0.1) is 0 Å². The van der Waals surface area contributed by atoms with Crippen molar-refractivity contribution in [3.8, 4) is 0 Å². The highest BCUT2D eigenvalue weighted by atomic mass is 32.2. The molecule has 120 valence electrons. The number of nitrogens with zero attached hydrogens (tertiary/aromatic N) is 2. The zero-order valence-corrected chi connectivity index (χ0v) is 13.6. The fourth-order valence-electron chi connectivity index (χ4n) is 3.36. The monoisotopic (exact) mass is 313 g/mol. The first-order valence-corrected chi connectivity index (χ1v) is 9.36. The second kappa shape index (κ2) is 7.81. The molecule has 0 radical (unpaired) electrons. The van der Waals surface area contributed by atoms with E-state index < -0.39 is 0 Å². The molecule has 0 aromatic rings. The minimum atomic E-state index is 0.332. The molecule has 3 rings (SSSR count). The molecular formula is C15H27N3O2S. The van der Waals surface area contributed by atoms with E-state index in [1.807, 2.05) is 11.8 Å². The highest BCUT2D eigenvalue weighted by Gasteiger charge is 2.26. The van der Waals surface area contributed by atoms with Gasteiger partial charge in [0.2, 0.25) is 5.91 Å². The Bertz CT molecular complexity index is 336. The molecule has 0 aromatic heterocycles. The number of hydrogen-bond acceptors (Lipinski definition) is 5. The van der Waals surface area contributed by atoms with Crippen LogP contribution >= 0.6 is 11.8 Å². The lowest BCUT2D eigenvalue weighted by Gasteiger charge is -2.36. The van der Waals surface area contributed by atoms with Crippen LogP contribution < -0.4 is 5.32 Å². The number of carbonyl (C=O) groups is 1. The maximum Gasteiger partial charge on any atom is 0.224 e. The summed E-state index contributed by atoms with van der Waals surface area (Å²) in [6, 6.07) is 0.380. The van der Waals surface area contributed by atoms with Crippen molar-refractivity contribution in [2.45, 2.75) is 18.9 Å². The van der Waals surface area contributed by atoms with Crippen molar-refractivity contribution < 1.29 is 9.53 Å². The van der Waals surface area contributed by atoms with E-state index in [4.69, 9.17) is 4.74 Å². The normalized spacial score (nSPS) is 31.5. The van der Waals surface area contributed by atoms with E-state index in [1.54, 1.807) is 0 Å². The Labute approximate surface area is 131 Å². The van der Waals surface area contributed by atoms with Crippen LogP contribution in [0.15, 0.2) is 0 Å². The van der Waals surface area contributed by atoms with E-state index in [0.29, 0.717) is 24.3 Å². The summed E-state index contributed by atoms with van der Waals surface area (Å²) in [4.78, 5) is 16.9. The van der Waals surface area contributed by atoms with E-state index in [2.05, 4.69) is 15.1 Å². The molecule has 3 saturated heterocycles. The molecule has 3 aliphatic heterocycles. The summed E-state index contributed by atoms with van der Waals surface area (Å²) in [6.07, 6.45) is 1.87. The number of ether oxygens (including phenoxy) is 1. The van der Waals surface area contributed by atoms with Gasteiger partial charge in [0, 0.05) is 69.8 Å². The van der Waals surface area contributed by atoms with Gasteiger partial charge in [-0.2, -0.15) is 11.8 Å². The first kappa shape index (κ1) is 15.6. The summed E-state index contributed by atoms with van der Waals surface area (Å²) in [5, 5.41) is 3.45. The van der Waals surface area contributed by atoms with Crippen LogP contribution in [0.2, 0.25) is 0 Å². The summed E-state index contributed by atoms with van der Waals surface area (Å²) in [6.45, 7) is 7.87. The second-order valence-corrected chi connectivity index (χ2v) is 7.49. The smallest absolute Gasteiger partial charge is 0.224 e. The molecule has 3 aliphatic rings. The molecule has 0 saturated carbocycles. The Hall–Kier alpha value is -0.300. The minimum Gasteiger partial charge on any atom is -0.381 e. The number of nitrogens with one attached hydrogen (secondary N) is 1. The van der Waals surface area contributed by atoms with Crippen LogP contribution in [0.1, 0.15) is 12.8 Å². The largest absolute Gasteiger partial charge is 0.381 e. The predicted molar refractivity (Wildman–Crippen MR) is 85.7 cm³/mol. The van der Waals surface area contributed by atoms with Gasteiger partial charge in [-0.05, 0) is 12.3 Å². The minimum absolute atomic E-state index is 0.332. The molecule has 0 aromatic carbocycles. The quantitative estimate of drug-likeness (QED) is 0.807. The summed E-state index contributed by atoms with van der Waals surface area (Å²) < 4.78 is 5.44. The SMILES string of the molecule is O=C(CC1CSCCN1)N1CCN(CC2CCOC2)CC1. The molecule has 0 spiro atoms. The van der Waals surface area contributed by atoms with Crippen LogP contribution in [0.5, 0.6) is 0 Å². The van der Waals surface area contributed by atoms with Gasteiger partial charge in [0.25, 0.3) is 0 Å². The average molecular weight is 313 g/mol. The summed E-state index contributed by atoms with van der Waals surface area (Å²) >= 11 is 1.96. The van der Waals surface area contributed by atoms with Crippen molar-refractivity contribution in [1.29, 1.82) is 0 Å². The van der Waals surface area contributed by atoms with Crippen LogP contribution in [-0.4, -0.2) is 85.7 Å². The first-order valence-electron chi connectivity index (χ1n) is 8.20. The number of thioether (sulfide) groups is 1. The highest BCUT2D eigenvalue weighted by molar-refractivity contribution is 7.99. The predicted octanol–water partition coefficient (Wildman–Crippen LogP) is 0.262. The Morgan fingerprint density at radius 3 is 2.81 bits per heavy atom. The van der Waals surface area contributed by atoms with Gasteiger partial charge in [-0.25, -0.2) is 0 Å². The molecule has 1 N–H and O–H groups in total. The van der Waals surface area contributed by atoms with Gasteiger partial charge in [-0.1, -0.05) is 0 Å². The Kier molecular flexibility index (Phi) is 5.80. The standard InChI is InChI=1S/C15H27N3O2S/c19-15(9-14-12-21-8-2-16-14)18-5-3-17(4-6-18)10-13-1-7-20-11-13/h13-14,16H,1-12H2.